The molecule has 0 fully saturated rings. The van der Waals surface area contributed by atoms with Gasteiger partial charge in [0.2, 0.25) is 0 Å². The molecule has 11 aromatic rings. The van der Waals surface area contributed by atoms with Crippen LogP contribution in [-0.4, -0.2) is 21.1 Å². The van der Waals surface area contributed by atoms with Crippen molar-refractivity contribution in [3.05, 3.63) is 228 Å². The predicted octanol–water partition coefficient (Wildman–Crippen LogP) is 13.4. The Morgan fingerprint density at radius 2 is 1.05 bits per heavy atom. The fourth-order valence-corrected chi connectivity index (χ4v) is 10.9. The summed E-state index contributed by atoms with van der Waals surface area (Å²) in [4.78, 5) is 16.0. The van der Waals surface area contributed by atoms with Gasteiger partial charge < -0.3 is 9.15 Å². The normalized spacial score (nSPS) is 16.3. The lowest BCUT2D eigenvalue weighted by Crippen LogP contribution is -2.33. The molecule has 2 atom stereocenters. The Labute approximate surface area is 380 Å². The van der Waals surface area contributed by atoms with Crippen LogP contribution < -0.4 is 15.2 Å². The molecular formula is C61H39N3O2. The second-order valence-electron chi connectivity index (χ2n) is 17.7. The fourth-order valence-electron chi connectivity index (χ4n) is 10.9. The molecule has 2 aliphatic carbocycles. The van der Waals surface area contributed by atoms with Gasteiger partial charge in [-0.15, -0.1) is 0 Å². The number of fused-ring (bicyclic) bond motifs is 11. The zero-order valence-corrected chi connectivity index (χ0v) is 35.8. The number of nitrogens with zero attached hydrogens (tertiary/aromatic N) is 3. The molecule has 5 heteroatoms. The first kappa shape index (κ1) is 37.0. The Morgan fingerprint density at radius 1 is 0.424 bits per heavy atom. The van der Waals surface area contributed by atoms with Crippen LogP contribution in [0.1, 0.15) is 35.7 Å². The van der Waals surface area contributed by atoms with Crippen molar-refractivity contribution >= 4 is 65.4 Å². The highest BCUT2D eigenvalue weighted by atomic mass is 16.5. The number of para-hydroxylation sites is 1. The minimum atomic E-state index is -0.0861. The third-order valence-electron chi connectivity index (χ3n) is 14.0. The van der Waals surface area contributed by atoms with Crippen LogP contribution in [0, 0.1) is 0 Å². The molecule has 5 nitrogen and oxygen atoms in total. The Kier molecular flexibility index (Phi) is 8.17. The summed E-state index contributed by atoms with van der Waals surface area (Å²) in [6, 6.07) is 62.6. The fraction of sp³-hybridized carbons (Fsp3) is 0.0656. The van der Waals surface area contributed by atoms with Crippen LogP contribution in [0.5, 0.6) is 5.75 Å². The standard InChI is InChI=1S/C61H39N3O2/c1-2-14-39-34-40(28-24-36(39)12-1)59-62-60(41-29-27-38-26-25-37-13-3-4-15-42(37)52(38)35-41)64-61(63-59)49-33-30-45(43-16-5-6-17-44(43)49)47-31-32-48(58-57(47)51-19-8-10-22-54(51)66-58)46-20-11-23-55-56(46)50-18-7-9-21-53(50)65-55/h1-29,31-32,34-35,51,54H,30,33H2. The second-order valence-corrected chi connectivity index (χ2v) is 17.7. The van der Waals surface area contributed by atoms with Crippen molar-refractivity contribution in [1.29, 1.82) is 0 Å². The topological polar surface area (TPSA) is 61.0 Å². The maximum Gasteiger partial charge on any atom is 0.164 e. The second kappa shape index (κ2) is 14.6. The van der Waals surface area contributed by atoms with E-state index in [4.69, 9.17) is 24.1 Å². The maximum absolute atomic E-state index is 7.02. The van der Waals surface area contributed by atoms with Crippen LogP contribution in [0.3, 0.4) is 0 Å². The monoisotopic (exact) mass is 845 g/mol. The van der Waals surface area contributed by atoms with E-state index in [1.54, 1.807) is 0 Å². The molecule has 9 aromatic carbocycles. The minimum Gasteiger partial charge on any atom is -0.484 e. The van der Waals surface area contributed by atoms with Gasteiger partial charge >= 0.3 is 0 Å². The first-order valence-electron chi connectivity index (χ1n) is 22.8. The predicted molar refractivity (Wildman–Crippen MR) is 268 cm³/mol. The van der Waals surface area contributed by atoms with E-state index in [0.717, 1.165) is 79.0 Å². The summed E-state index contributed by atoms with van der Waals surface area (Å²) < 4.78 is 13.4. The summed E-state index contributed by atoms with van der Waals surface area (Å²) in [5.74, 6) is 3.05. The van der Waals surface area contributed by atoms with Gasteiger partial charge in [-0.05, 0) is 103 Å². The van der Waals surface area contributed by atoms with Crippen molar-refractivity contribution in [2.75, 3.05) is 0 Å². The molecule has 1 aliphatic heterocycles. The summed E-state index contributed by atoms with van der Waals surface area (Å²) in [6.07, 6.45) is 10.3. The van der Waals surface area contributed by atoms with Crippen molar-refractivity contribution in [2.24, 2.45) is 0 Å². The van der Waals surface area contributed by atoms with Gasteiger partial charge in [0.15, 0.2) is 17.5 Å². The largest absolute Gasteiger partial charge is 0.484 e. The molecule has 0 bridgehead atoms. The zero-order chi connectivity index (χ0) is 43.3. The molecule has 3 heterocycles. The van der Waals surface area contributed by atoms with E-state index in [1.807, 2.05) is 12.1 Å². The highest BCUT2D eigenvalue weighted by Crippen LogP contribution is 2.52. The Hall–Kier alpha value is -8.41. The van der Waals surface area contributed by atoms with Crippen LogP contribution in [0.4, 0.5) is 0 Å². The smallest absolute Gasteiger partial charge is 0.164 e. The van der Waals surface area contributed by atoms with Crippen molar-refractivity contribution in [3.8, 4) is 39.7 Å². The highest BCUT2D eigenvalue weighted by molar-refractivity contribution is 6.13. The molecule has 0 radical (unpaired) electrons. The number of aromatic nitrogens is 3. The van der Waals surface area contributed by atoms with E-state index in [-0.39, 0.29) is 12.0 Å². The lowest BCUT2D eigenvalue weighted by molar-refractivity contribution is 0.270. The van der Waals surface area contributed by atoms with E-state index in [1.165, 1.54) is 48.8 Å². The summed E-state index contributed by atoms with van der Waals surface area (Å²) in [5, 5.41) is 11.7. The van der Waals surface area contributed by atoms with E-state index >= 15 is 0 Å². The van der Waals surface area contributed by atoms with Crippen LogP contribution in [-0.2, 0) is 0 Å². The molecule has 310 valence electrons. The molecule has 14 rings (SSSR count). The van der Waals surface area contributed by atoms with E-state index in [9.17, 15) is 0 Å². The van der Waals surface area contributed by atoms with Crippen molar-refractivity contribution in [1.82, 2.24) is 15.0 Å². The number of rotatable bonds is 5. The molecular weight excluding hydrogens is 807 g/mol. The highest BCUT2D eigenvalue weighted by Gasteiger charge is 2.38. The average Bonchev–Trinajstić information content (AvgIpc) is 3.97. The number of hydrogen-bond acceptors (Lipinski definition) is 5. The van der Waals surface area contributed by atoms with Crippen LogP contribution >= 0.6 is 0 Å². The number of ether oxygens (including phenoxy) is 1. The third kappa shape index (κ3) is 5.76. The van der Waals surface area contributed by atoms with Crippen molar-refractivity contribution in [2.45, 2.75) is 24.9 Å². The summed E-state index contributed by atoms with van der Waals surface area (Å²) in [5.41, 5.74) is 10.8. The molecule has 0 spiro atoms. The Balaban J connectivity index is 0.986. The van der Waals surface area contributed by atoms with Gasteiger partial charge in [0.1, 0.15) is 23.0 Å². The van der Waals surface area contributed by atoms with Crippen LogP contribution in [0.25, 0.3) is 99.3 Å². The molecule has 66 heavy (non-hydrogen) atoms. The van der Waals surface area contributed by atoms with E-state index in [0.29, 0.717) is 17.5 Å². The molecule has 2 unspecified atom stereocenters. The Morgan fingerprint density at radius 3 is 1.91 bits per heavy atom. The van der Waals surface area contributed by atoms with Gasteiger partial charge in [0, 0.05) is 44.5 Å². The summed E-state index contributed by atoms with van der Waals surface area (Å²) in [7, 11) is 0. The molecule has 0 saturated heterocycles. The van der Waals surface area contributed by atoms with Gasteiger partial charge in [-0.1, -0.05) is 170 Å². The van der Waals surface area contributed by atoms with Crippen LogP contribution in [0.2, 0.25) is 0 Å². The SMILES string of the molecule is C1=CC2Oc3c(-c4cccc5oc6ccccc6c45)ccc(C4=c5ccccc5=C(c5nc(-c6ccc7ccccc7c6)nc(-c6ccc7ccc8ccccc8c7c6)n5)CC4)c3C2C=C1. The molecule has 2 aromatic heterocycles. The minimum absolute atomic E-state index is 0.0833. The lowest BCUT2D eigenvalue weighted by atomic mass is 9.81. The van der Waals surface area contributed by atoms with E-state index in [2.05, 4.69) is 188 Å². The van der Waals surface area contributed by atoms with Crippen molar-refractivity contribution < 1.29 is 9.15 Å². The summed E-state index contributed by atoms with van der Waals surface area (Å²) in [6.45, 7) is 0. The number of allylic oxidation sites excluding steroid dienone is 2. The van der Waals surface area contributed by atoms with E-state index < -0.39 is 0 Å². The lowest BCUT2D eigenvalue weighted by Gasteiger charge is -2.21. The van der Waals surface area contributed by atoms with Gasteiger partial charge in [-0.2, -0.15) is 0 Å². The molecule has 0 amide bonds. The summed E-state index contributed by atoms with van der Waals surface area (Å²) >= 11 is 0. The first-order valence-corrected chi connectivity index (χ1v) is 22.8. The quantitative estimate of drug-likeness (QED) is 0.162. The van der Waals surface area contributed by atoms with Crippen molar-refractivity contribution in [3.63, 3.8) is 0 Å². The van der Waals surface area contributed by atoms with Gasteiger partial charge in [-0.3, -0.25) is 0 Å². The third-order valence-corrected chi connectivity index (χ3v) is 14.0. The number of benzene rings is 9. The number of furan rings is 1. The number of hydrogen-bond donors (Lipinski definition) is 0. The maximum atomic E-state index is 7.02. The zero-order valence-electron chi connectivity index (χ0n) is 35.8. The van der Waals surface area contributed by atoms with Gasteiger partial charge in [0.25, 0.3) is 0 Å². The first-order chi connectivity index (χ1) is 32.7. The Bertz CT molecular complexity index is 4060. The molecule has 0 saturated carbocycles. The van der Waals surface area contributed by atoms with Crippen LogP contribution in [0.15, 0.2) is 205 Å². The van der Waals surface area contributed by atoms with Gasteiger partial charge in [0.05, 0.1) is 0 Å². The van der Waals surface area contributed by atoms with Gasteiger partial charge in [-0.25, -0.2) is 15.0 Å². The molecule has 3 aliphatic rings. The molecule has 0 N–H and O–H groups in total. The average molecular weight is 846 g/mol.